The van der Waals surface area contributed by atoms with E-state index in [9.17, 15) is 9.59 Å². The summed E-state index contributed by atoms with van der Waals surface area (Å²) in [6, 6.07) is 23.2. The lowest BCUT2D eigenvalue weighted by atomic mass is 10.1. The van der Waals surface area contributed by atoms with Gasteiger partial charge in [-0.05, 0) is 51.7 Å². The van der Waals surface area contributed by atoms with Crippen LogP contribution in [-0.4, -0.2) is 29.9 Å². The van der Waals surface area contributed by atoms with E-state index in [2.05, 4.69) is 15.9 Å². The van der Waals surface area contributed by atoms with E-state index in [4.69, 9.17) is 9.15 Å². The highest BCUT2D eigenvalue weighted by atomic mass is 79.9. The Balaban J connectivity index is 1.57. The minimum atomic E-state index is -0.599. The first-order valence-electron chi connectivity index (χ1n) is 9.56. The van der Waals surface area contributed by atoms with Crippen LogP contribution in [0.5, 0.6) is 0 Å². The van der Waals surface area contributed by atoms with E-state index in [1.807, 2.05) is 60.7 Å². The van der Waals surface area contributed by atoms with Crippen molar-refractivity contribution in [2.24, 2.45) is 0 Å². The molecule has 0 bridgehead atoms. The molecule has 1 heterocycles. The van der Waals surface area contributed by atoms with Crippen molar-refractivity contribution in [3.63, 3.8) is 0 Å². The zero-order valence-electron chi connectivity index (χ0n) is 16.4. The lowest BCUT2D eigenvalue weighted by Crippen LogP contribution is -2.35. The monoisotopic (exact) mass is 467 g/mol. The molecule has 0 atom stereocenters. The smallest absolute Gasteiger partial charge is 0.331 e. The lowest BCUT2D eigenvalue weighted by Gasteiger charge is -2.23. The number of hydrogen-bond acceptors (Lipinski definition) is 4. The third-order valence-electron chi connectivity index (χ3n) is 4.40. The van der Waals surface area contributed by atoms with Crippen molar-refractivity contribution in [2.75, 3.05) is 13.2 Å². The highest BCUT2D eigenvalue weighted by Crippen LogP contribution is 2.15. The fourth-order valence-corrected chi connectivity index (χ4v) is 3.16. The summed E-state index contributed by atoms with van der Waals surface area (Å²) in [5, 5.41) is 0. The summed E-state index contributed by atoms with van der Waals surface area (Å²) in [6.07, 6.45) is 3.46. The van der Waals surface area contributed by atoms with E-state index < -0.39 is 5.97 Å². The van der Waals surface area contributed by atoms with Gasteiger partial charge in [0, 0.05) is 19.2 Å². The van der Waals surface area contributed by atoms with Crippen molar-refractivity contribution in [1.29, 1.82) is 0 Å². The number of carbonyl (C=O) groups excluding carboxylic acids is 2. The summed E-state index contributed by atoms with van der Waals surface area (Å²) in [6.45, 7) is 0.679. The number of furan rings is 1. The first-order chi connectivity index (χ1) is 14.6. The molecule has 2 aromatic carbocycles. The Bertz CT molecular complexity index is 983. The maximum atomic E-state index is 12.8. The predicted octanol–water partition coefficient (Wildman–Crippen LogP) is 4.87. The van der Waals surface area contributed by atoms with Crippen LogP contribution in [0.2, 0.25) is 0 Å². The fourth-order valence-electron chi connectivity index (χ4n) is 2.84. The standard InChI is InChI=1S/C24H22BrNO4/c25-22-13-11-21(30-22)12-14-24(28)29-18-23(27)26(17-20-9-5-2-6-10-20)16-15-19-7-3-1-4-8-19/h1-14H,15-18H2. The van der Waals surface area contributed by atoms with Crippen molar-refractivity contribution in [3.05, 3.63) is 100 Å². The predicted molar refractivity (Wildman–Crippen MR) is 118 cm³/mol. The molecular weight excluding hydrogens is 446 g/mol. The molecule has 154 valence electrons. The molecule has 0 aliphatic carbocycles. The van der Waals surface area contributed by atoms with Crippen molar-refractivity contribution in [2.45, 2.75) is 13.0 Å². The van der Waals surface area contributed by atoms with E-state index >= 15 is 0 Å². The van der Waals surface area contributed by atoms with Crippen LogP contribution in [0.1, 0.15) is 16.9 Å². The summed E-state index contributed by atoms with van der Waals surface area (Å²) in [4.78, 5) is 26.4. The van der Waals surface area contributed by atoms with Gasteiger partial charge in [0.15, 0.2) is 11.3 Å². The molecule has 1 amide bonds. The highest BCUT2D eigenvalue weighted by molar-refractivity contribution is 9.10. The van der Waals surface area contributed by atoms with Gasteiger partial charge in [-0.3, -0.25) is 4.79 Å². The SMILES string of the molecule is O=C(C=Cc1ccc(Br)o1)OCC(=O)N(CCc1ccccc1)Cc1ccccc1. The minimum Gasteiger partial charge on any atom is -0.452 e. The van der Waals surface area contributed by atoms with Crippen molar-refractivity contribution < 1.29 is 18.7 Å². The van der Waals surface area contributed by atoms with Gasteiger partial charge in [0.05, 0.1) is 0 Å². The maximum absolute atomic E-state index is 12.8. The molecule has 0 N–H and O–H groups in total. The summed E-state index contributed by atoms with van der Waals surface area (Å²) >= 11 is 3.20. The largest absolute Gasteiger partial charge is 0.452 e. The second-order valence-corrected chi connectivity index (χ2v) is 7.40. The molecule has 0 unspecified atom stereocenters. The molecule has 1 aromatic heterocycles. The topological polar surface area (TPSA) is 59.8 Å². The minimum absolute atomic E-state index is 0.239. The summed E-state index contributed by atoms with van der Waals surface area (Å²) in [5.74, 6) is -0.324. The van der Waals surface area contributed by atoms with Crippen molar-refractivity contribution in [3.8, 4) is 0 Å². The zero-order chi connectivity index (χ0) is 21.2. The van der Waals surface area contributed by atoms with Gasteiger partial charge in [0.2, 0.25) is 0 Å². The van der Waals surface area contributed by atoms with Crippen LogP contribution in [-0.2, 0) is 27.3 Å². The van der Waals surface area contributed by atoms with Gasteiger partial charge in [-0.25, -0.2) is 4.79 Å². The number of rotatable bonds is 9. The summed E-state index contributed by atoms with van der Waals surface area (Å²) in [5.41, 5.74) is 2.17. The molecule has 30 heavy (non-hydrogen) atoms. The number of hydrogen-bond donors (Lipinski definition) is 0. The molecule has 0 saturated carbocycles. The maximum Gasteiger partial charge on any atom is 0.331 e. The summed E-state index contributed by atoms with van der Waals surface area (Å²) in [7, 11) is 0. The quantitative estimate of drug-likeness (QED) is 0.332. The van der Waals surface area contributed by atoms with E-state index in [1.54, 1.807) is 17.0 Å². The van der Waals surface area contributed by atoms with E-state index in [-0.39, 0.29) is 12.5 Å². The molecule has 0 fully saturated rings. The highest BCUT2D eigenvalue weighted by Gasteiger charge is 2.16. The molecule has 0 aliphatic rings. The van der Waals surface area contributed by atoms with Gasteiger partial charge in [-0.15, -0.1) is 0 Å². The molecule has 0 aliphatic heterocycles. The van der Waals surface area contributed by atoms with E-state index in [0.717, 1.165) is 17.5 Å². The van der Waals surface area contributed by atoms with Crippen LogP contribution in [0.15, 0.2) is 88.0 Å². The third-order valence-corrected chi connectivity index (χ3v) is 4.82. The van der Waals surface area contributed by atoms with Crippen LogP contribution in [0, 0.1) is 0 Å². The van der Waals surface area contributed by atoms with Crippen LogP contribution in [0.25, 0.3) is 6.08 Å². The molecule has 3 aromatic rings. The summed E-state index contributed by atoms with van der Waals surface area (Å²) < 4.78 is 11.0. The van der Waals surface area contributed by atoms with Gasteiger partial charge >= 0.3 is 5.97 Å². The molecule has 0 radical (unpaired) electrons. The Morgan fingerprint density at radius 2 is 1.60 bits per heavy atom. The third kappa shape index (κ3) is 7.04. The molecule has 6 heteroatoms. The van der Waals surface area contributed by atoms with E-state index in [0.29, 0.717) is 23.5 Å². The van der Waals surface area contributed by atoms with E-state index in [1.165, 1.54) is 12.2 Å². The second-order valence-electron chi connectivity index (χ2n) is 6.62. The van der Waals surface area contributed by atoms with Crippen LogP contribution in [0.4, 0.5) is 0 Å². The number of amides is 1. The van der Waals surface area contributed by atoms with Crippen LogP contribution < -0.4 is 0 Å². The fraction of sp³-hybridized carbons (Fsp3) is 0.167. The molecular formula is C24H22BrNO4. The van der Waals surface area contributed by atoms with Crippen LogP contribution >= 0.6 is 15.9 Å². The number of nitrogens with zero attached hydrogens (tertiary/aromatic N) is 1. The van der Waals surface area contributed by atoms with Gasteiger partial charge in [0.25, 0.3) is 5.91 Å². The molecule has 5 nitrogen and oxygen atoms in total. The van der Waals surface area contributed by atoms with Gasteiger partial charge in [0.1, 0.15) is 5.76 Å². The Hall–Kier alpha value is -3.12. The number of halogens is 1. The average Bonchev–Trinajstić information content (AvgIpc) is 3.20. The average molecular weight is 468 g/mol. The number of ether oxygens (including phenoxy) is 1. The first-order valence-corrected chi connectivity index (χ1v) is 10.4. The second kappa shape index (κ2) is 11.2. The van der Waals surface area contributed by atoms with Crippen LogP contribution in [0.3, 0.4) is 0 Å². The van der Waals surface area contributed by atoms with Gasteiger partial charge < -0.3 is 14.1 Å². The molecule has 0 spiro atoms. The Morgan fingerprint density at radius 3 is 2.23 bits per heavy atom. The molecule has 0 saturated heterocycles. The zero-order valence-corrected chi connectivity index (χ0v) is 18.0. The Labute approximate surface area is 184 Å². The Morgan fingerprint density at radius 1 is 0.933 bits per heavy atom. The Kier molecular flexibility index (Phi) is 8.03. The van der Waals surface area contributed by atoms with Gasteiger partial charge in [-0.1, -0.05) is 60.7 Å². The van der Waals surface area contributed by atoms with Crippen molar-refractivity contribution in [1.82, 2.24) is 4.90 Å². The number of carbonyl (C=O) groups is 2. The van der Waals surface area contributed by atoms with Crippen molar-refractivity contribution >= 4 is 33.9 Å². The normalized spacial score (nSPS) is 10.8. The first kappa shape index (κ1) is 21.6. The number of esters is 1. The van der Waals surface area contributed by atoms with Gasteiger partial charge in [-0.2, -0.15) is 0 Å². The lowest BCUT2D eigenvalue weighted by molar-refractivity contribution is -0.148. The molecule has 3 rings (SSSR count). The number of benzene rings is 2.